The van der Waals surface area contributed by atoms with Crippen molar-refractivity contribution in [1.82, 2.24) is 0 Å². The van der Waals surface area contributed by atoms with E-state index >= 15 is 0 Å². The Labute approximate surface area is 101 Å². The average Bonchev–Trinajstić information content (AvgIpc) is 2.26. The minimum absolute atomic E-state index is 0.282. The summed E-state index contributed by atoms with van der Waals surface area (Å²) in [7, 11) is 0. The number of aryl methyl sites for hydroxylation is 1. The first-order chi connectivity index (χ1) is 7.63. The van der Waals surface area contributed by atoms with Crippen molar-refractivity contribution >= 4 is 23.4 Å². The second kappa shape index (κ2) is 6.43. The Morgan fingerprint density at radius 3 is 2.56 bits per heavy atom. The third-order valence-electron chi connectivity index (χ3n) is 2.35. The van der Waals surface area contributed by atoms with Crippen LogP contribution in [0.2, 0.25) is 0 Å². The number of rotatable bonds is 6. The third-order valence-corrected chi connectivity index (χ3v) is 2.99. The SMILES string of the molecule is CSCCC(Nc1ccc(C)cc1)C(N)=O. The molecule has 0 aliphatic carbocycles. The van der Waals surface area contributed by atoms with Crippen LogP contribution in [0.5, 0.6) is 0 Å². The van der Waals surface area contributed by atoms with E-state index in [-0.39, 0.29) is 11.9 Å². The molecule has 4 heteroatoms. The van der Waals surface area contributed by atoms with Crippen molar-refractivity contribution in [3.8, 4) is 0 Å². The highest BCUT2D eigenvalue weighted by atomic mass is 32.2. The molecule has 1 atom stereocenters. The van der Waals surface area contributed by atoms with Gasteiger partial charge in [-0.2, -0.15) is 11.8 Å². The van der Waals surface area contributed by atoms with Gasteiger partial charge in [-0.25, -0.2) is 0 Å². The first-order valence-electron chi connectivity index (χ1n) is 5.25. The molecule has 16 heavy (non-hydrogen) atoms. The van der Waals surface area contributed by atoms with Crippen LogP contribution < -0.4 is 11.1 Å². The molecular weight excluding hydrogens is 220 g/mol. The van der Waals surface area contributed by atoms with E-state index in [9.17, 15) is 4.79 Å². The van der Waals surface area contributed by atoms with E-state index in [2.05, 4.69) is 5.32 Å². The molecule has 1 aromatic rings. The lowest BCUT2D eigenvalue weighted by Gasteiger charge is -2.16. The van der Waals surface area contributed by atoms with E-state index in [1.165, 1.54) is 5.56 Å². The van der Waals surface area contributed by atoms with E-state index in [0.717, 1.165) is 17.9 Å². The van der Waals surface area contributed by atoms with Crippen molar-refractivity contribution in [3.63, 3.8) is 0 Å². The third kappa shape index (κ3) is 4.14. The molecule has 1 aromatic carbocycles. The van der Waals surface area contributed by atoms with Crippen LogP contribution in [0, 0.1) is 6.92 Å². The summed E-state index contributed by atoms with van der Waals surface area (Å²) in [5.74, 6) is 0.626. The Kier molecular flexibility index (Phi) is 5.19. The summed E-state index contributed by atoms with van der Waals surface area (Å²) >= 11 is 1.71. The lowest BCUT2D eigenvalue weighted by atomic mass is 10.2. The van der Waals surface area contributed by atoms with Crippen LogP contribution in [0.25, 0.3) is 0 Å². The molecule has 3 nitrogen and oxygen atoms in total. The maximum Gasteiger partial charge on any atom is 0.239 e. The Balaban J connectivity index is 2.60. The Morgan fingerprint density at radius 1 is 1.44 bits per heavy atom. The van der Waals surface area contributed by atoms with Crippen molar-refractivity contribution in [3.05, 3.63) is 29.8 Å². The van der Waals surface area contributed by atoms with Crippen LogP contribution in [0.15, 0.2) is 24.3 Å². The molecule has 0 spiro atoms. The number of hydrogen-bond donors (Lipinski definition) is 2. The molecule has 0 saturated heterocycles. The Bertz CT molecular complexity index is 337. The maximum atomic E-state index is 11.2. The minimum atomic E-state index is -0.297. The molecule has 0 fully saturated rings. The zero-order chi connectivity index (χ0) is 12.0. The average molecular weight is 238 g/mol. The minimum Gasteiger partial charge on any atom is -0.374 e. The highest BCUT2D eigenvalue weighted by molar-refractivity contribution is 7.98. The van der Waals surface area contributed by atoms with Gasteiger partial charge in [0.05, 0.1) is 0 Å². The highest BCUT2D eigenvalue weighted by Gasteiger charge is 2.13. The van der Waals surface area contributed by atoms with E-state index in [0.29, 0.717) is 0 Å². The van der Waals surface area contributed by atoms with Crippen LogP contribution >= 0.6 is 11.8 Å². The Hall–Kier alpha value is -1.16. The molecule has 0 radical (unpaired) electrons. The standard InChI is InChI=1S/C12H18N2OS/c1-9-3-5-10(6-4-9)14-11(12(13)15)7-8-16-2/h3-6,11,14H,7-8H2,1-2H3,(H2,13,15). The number of carbonyl (C=O) groups excluding carboxylic acids is 1. The summed E-state index contributed by atoms with van der Waals surface area (Å²) in [6.07, 6.45) is 2.77. The fourth-order valence-corrected chi connectivity index (χ4v) is 1.84. The zero-order valence-corrected chi connectivity index (χ0v) is 10.5. The lowest BCUT2D eigenvalue weighted by Crippen LogP contribution is -2.35. The van der Waals surface area contributed by atoms with Crippen molar-refractivity contribution in [2.75, 3.05) is 17.3 Å². The normalized spacial score (nSPS) is 12.1. The van der Waals surface area contributed by atoms with Gasteiger partial charge in [0.1, 0.15) is 6.04 Å². The molecule has 1 unspecified atom stereocenters. The number of benzene rings is 1. The summed E-state index contributed by atoms with van der Waals surface area (Å²) in [6.45, 7) is 2.03. The Morgan fingerprint density at radius 2 is 2.06 bits per heavy atom. The number of amides is 1. The van der Waals surface area contributed by atoms with E-state index in [1.54, 1.807) is 11.8 Å². The maximum absolute atomic E-state index is 11.2. The molecule has 0 heterocycles. The first kappa shape index (κ1) is 12.9. The van der Waals surface area contributed by atoms with Gasteiger partial charge in [0, 0.05) is 5.69 Å². The molecule has 0 aliphatic rings. The zero-order valence-electron chi connectivity index (χ0n) is 9.69. The van der Waals surface area contributed by atoms with Crippen LogP contribution in [-0.4, -0.2) is 24.0 Å². The molecule has 0 saturated carbocycles. The molecular formula is C12H18N2OS. The van der Waals surface area contributed by atoms with Crippen molar-refractivity contribution in [2.24, 2.45) is 5.73 Å². The van der Waals surface area contributed by atoms with Gasteiger partial charge in [0.2, 0.25) is 5.91 Å². The fourth-order valence-electron chi connectivity index (χ4n) is 1.37. The van der Waals surface area contributed by atoms with Gasteiger partial charge in [-0.05, 0) is 37.5 Å². The number of hydrogen-bond acceptors (Lipinski definition) is 3. The van der Waals surface area contributed by atoms with Gasteiger partial charge < -0.3 is 11.1 Å². The van der Waals surface area contributed by atoms with Gasteiger partial charge in [0.25, 0.3) is 0 Å². The highest BCUT2D eigenvalue weighted by Crippen LogP contribution is 2.12. The molecule has 1 amide bonds. The van der Waals surface area contributed by atoms with Crippen molar-refractivity contribution in [1.29, 1.82) is 0 Å². The summed E-state index contributed by atoms with van der Waals surface area (Å²) in [5.41, 5.74) is 7.48. The lowest BCUT2D eigenvalue weighted by molar-refractivity contribution is -0.118. The molecule has 0 aromatic heterocycles. The summed E-state index contributed by atoms with van der Waals surface area (Å²) in [5, 5.41) is 3.15. The number of anilines is 1. The summed E-state index contributed by atoms with van der Waals surface area (Å²) in [4.78, 5) is 11.2. The van der Waals surface area contributed by atoms with Gasteiger partial charge in [-0.15, -0.1) is 0 Å². The molecule has 0 bridgehead atoms. The quantitative estimate of drug-likeness (QED) is 0.797. The second-order valence-corrected chi connectivity index (χ2v) is 4.73. The number of nitrogens with one attached hydrogen (secondary N) is 1. The second-order valence-electron chi connectivity index (χ2n) is 3.75. The van der Waals surface area contributed by atoms with Gasteiger partial charge >= 0.3 is 0 Å². The first-order valence-corrected chi connectivity index (χ1v) is 6.64. The van der Waals surface area contributed by atoms with Gasteiger partial charge in [-0.1, -0.05) is 17.7 Å². The molecule has 0 aliphatic heterocycles. The van der Waals surface area contributed by atoms with E-state index < -0.39 is 0 Å². The largest absolute Gasteiger partial charge is 0.374 e. The van der Waals surface area contributed by atoms with Crippen LogP contribution in [0.1, 0.15) is 12.0 Å². The van der Waals surface area contributed by atoms with Crippen LogP contribution in [-0.2, 0) is 4.79 Å². The van der Waals surface area contributed by atoms with Crippen LogP contribution in [0.3, 0.4) is 0 Å². The number of carbonyl (C=O) groups is 1. The topological polar surface area (TPSA) is 55.1 Å². The summed E-state index contributed by atoms with van der Waals surface area (Å²) < 4.78 is 0. The molecule has 3 N–H and O–H groups in total. The van der Waals surface area contributed by atoms with Crippen LogP contribution in [0.4, 0.5) is 5.69 Å². The smallest absolute Gasteiger partial charge is 0.239 e. The fraction of sp³-hybridized carbons (Fsp3) is 0.417. The summed E-state index contributed by atoms with van der Waals surface area (Å²) in [6, 6.07) is 7.66. The number of primary amides is 1. The predicted octanol–water partition coefficient (Wildman–Crippen LogP) is 2.01. The number of thioether (sulfide) groups is 1. The molecule has 88 valence electrons. The number of nitrogens with two attached hydrogens (primary N) is 1. The monoisotopic (exact) mass is 238 g/mol. The van der Waals surface area contributed by atoms with E-state index in [4.69, 9.17) is 5.73 Å². The van der Waals surface area contributed by atoms with Gasteiger partial charge in [0.15, 0.2) is 0 Å². The molecule has 1 rings (SSSR count). The van der Waals surface area contributed by atoms with Crippen molar-refractivity contribution in [2.45, 2.75) is 19.4 Å². The van der Waals surface area contributed by atoms with Gasteiger partial charge in [-0.3, -0.25) is 4.79 Å². The van der Waals surface area contributed by atoms with Crippen molar-refractivity contribution < 1.29 is 4.79 Å². The van der Waals surface area contributed by atoms with E-state index in [1.807, 2.05) is 37.4 Å². The predicted molar refractivity (Wildman–Crippen MR) is 70.8 cm³/mol.